The fraction of sp³-hybridized carbons (Fsp3) is 0.273. The van der Waals surface area contributed by atoms with E-state index >= 15 is 0 Å². The lowest BCUT2D eigenvalue weighted by Gasteiger charge is -2.51. The van der Waals surface area contributed by atoms with E-state index in [1.54, 1.807) is 31.2 Å². The third-order valence-corrected chi connectivity index (χ3v) is 9.24. The summed E-state index contributed by atoms with van der Waals surface area (Å²) in [6, 6.07) is 20.2. The first kappa shape index (κ1) is 27.6. The van der Waals surface area contributed by atoms with Gasteiger partial charge in [0.15, 0.2) is 11.5 Å². The van der Waals surface area contributed by atoms with E-state index in [0.29, 0.717) is 17.0 Å². The van der Waals surface area contributed by atoms with E-state index in [0.717, 1.165) is 11.6 Å². The molecule has 1 fully saturated rings. The highest BCUT2D eigenvalue weighted by molar-refractivity contribution is 6.20. The van der Waals surface area contributed by atoms with Crippen LogP contribution >= 0.6 is 0 Å². The monoisotopic (exact) mass is 594 g/mol. The number of hydrogen-bond acceptors (Lipinski definition) is 8. The number of aromatic nitrogens is 1. The van der Waals surface area contributed by atoms with Gasteiger partial charge in [-0.2, -0.15) is 10.1 Å². The molecule has 1 amide bonds. The van der Waals surface area contributed by atoms with E-state index in [1.807, 2.05) is 37.3 Å². The number of para-hydroxylation sites is 1. The number of Topliss-reactive ketones (excluding diaryl/α,β-unsaturated/α-hetero) is 1. The van der Waals surface area contributed by atoms with E-state index in [9.17, 15) is 24.1 Å². The molecular weight excluding hydrogens is 567 g/mol. The fourth-order valence-corrected chi connectivity index (χ4v) is 7.23. The minimum Gasteiger partial charge on any atom is -0.488 e. The summed E-state index contributed by atoms with van der Waals surface area (Å²) in [6.07, 6.45) is -1.00. The fourth-order valence-electron chi connectivity index (χ4n) is 7.23. The molecule has 1 saturated carbocycles. The largest absolute Gasteiger partial charge is 0.488 e. The number of nitro groups is 1. The predicted octanol–water partition coefficient (Wildman–Crippen LogP) is 6.28. The first-order chi connectivity index (χ1) is 21.1. The van der Waals surface area contributed by atoms with Gasteiger partial charge < -0.3 is 9.26 Å². The van der Waals surface area contributed by atoms with Crippen LogP contribution in [0.1, 0.15) is 58.1 Å². The van der Waals surface area contributed by atoms with E-state index in [1.165, 1.54) is 24.1 Å². The number of fused-ring (bicyclic) bond motifs is 2. The number of rotatable bonds is 4. The van der Waals surface area contributed by atoms with Crippen molar-refractivity contribution >= 4 is 28.8 Å². The van der Waals surface area contributed by atoms with Crippen LogP contribution < -0.4 is 9.75 Å². The zero-order valence-electron chi connectivity index (χ0n) is 24.1. The lowest BCUT2D eigenvalue weighted by Crippen LogP contribution is -2.58. The second-order valence-corrected chi connectivity index (χ2v) is 11.7. The standard InChI is InChI=1S/C33H27FN4O6/c1-17-9-11-20(12-10-17)27-26(31-28(38(41)42)18(2)36-44-31)30-24(29(39)23-15-21(34)13-14-25(23)43-30)16-33(27)19(3)35-37(32(33)40)22-7-5-4-6-8-22/h4-15,24,26-27,30H,16H2,1-3H3/t24-,26-,27-,30-,33-/m1/s1. The molecule has 1 aliphatic carbocycles. The summed E-state index contributed by atoms with van der Waals surface area (Å²) < 4.78 is 26.6. The van der Waals surface area contributed by atoms with Crippen LogP contribution in [0.3, 0.4) is 0 Å². The maximum atomic E-state index is 14.8. The van der Waals surface area contributed by atoms with Crippen molar-refractivity contribution in [2.45, 2.75) is 45.1 Å². The summed E-state index contributed by atoms with van der Waals surface area (Å²) >= 11 is 0. The quantitative estimate of drug-likeness (QED) is 0.201. The second kappa shape index (κ2) is 9.94. The number of ketones is 1. The van der Waals surface area contributed by atoms with E-state index in [-0.39, 0.29) is 40.8 Å². The maximum absolute atomic E-state index is 14.8. The molecule has 222 valence electrons. The molecule has 0 unspecified atom stereocenters. The van der Waals surface area contributed by atoms with Gasteiger partial charge in [0.1, 0.15) is 17.7 Å². The third kappa shape index (κ3) is 3.91. The Kier molecular flexibility index (Phi) is 6.24. The highest BCUT2D eigenvalue weighted by Crippen LogP contribution is 2.62. The molecular formula is C33H27FN4O6. The van der Waals surface area contributed by atoms with Crippen molar-refractivity contribution in [3.63, 3.8) is 0 Å². The van der Waals surface area contributed by atoms with Gasteiger partial charge >= 0.3 is 5.69 Å². The van der Waals surface area contributed by atoms with E-state index < -0.39 is 45.8 Å². The Bertz CT molecular complexity index is 1870. The summed E-state index contributed by atoms with van der Waals surface area (Å²) in [4.78, 5) is 40.9. The highest BCUT2D eigenvalue weighted by Gasteiger charge is 2.67. The average Bonchev–Trinajstić information content (AvgIpc) is 3.51. The zero-order valence-corrected chi connectivity index (χ0v) is 24.1. The SMILES string of the molecule is CC1=NN(c2ccccc2)C(=O)[C@]12C[C@@H]1C(=O)c3cc(F)ccc3O[C@H]1[C@H](c1onc(C)c1[N+](=O)[O-])[C@H]2c1ccc(C)cc1. The van der Waals surface area contributed by atoms with Crippen molar-refractivity contribution in [3.8, 4) is 5.75 Å². The summed E-state index contributed by atoms with van der Waals surface area (Å²) in [6.45, 7) is 5.14. The Balaban J connectivity index is 1.52. The van der Waals surface area contributed by atoms with Gasteiger partial charge in [0.05, 0.1) is 39.1 Å². The van der Waals surface area contributed by atoms with Crippen molar-refractivity contribution in [1.29, 1.82) is 0 Å². The number of anilines is 1. The lowest BCUT2D eigenvalue weighted by atomic mass is 9.52. The first-order valence-electron chi connectivity index (χ1n) is 14.2. The average molecular weight is 595 g/mol. The van der Waals surface area contributed by atoms with Gasteiger partial charge in [0, 0.05) is 5.92 Å². The smallest absolute Gasteiger partial charge is 0.334 e. The number of halogens is 1. The normalized spacial score (nSPS) is 25.8. The number of amides is 1. The minimum absolute atomic E-state index is 0.0140. The molecule has 0 saturated heterocycles. The van der Waals surface area contributed by atoms with Gasteiger partial charge in [-0.05, 0) is 63.1 Å². The molecule has 3 heterocycles. The molecule has 3 aromatic carbocycles. The Hall–Kier alpha value is -5.19. The molecule has 1 aromatic heterocycles. The molecule has 0 N–H and O–H groups in total. The van der Waals surface area contributed by atoms with Gasteiger partial charge in [-0.3, -0.25) is 19.7 Å². The zero-order chi connectivity index (χ0) is 30.9. The third-order valence-electron chi connectivity index (χ3n) is 9.24. The van der Waals surface area contributed by atoms with Gasteiger partial charge in [-0.1, -0.05) is 53.2 Å². The molecule has 10 nitrogen and oxygen atoms in total. The van der Waals surface area contributed by atoms with Gasteiger partial charge in [0.25, 0.3) is 5.91 Å². The molecule has 44 heavy (non-hydrogen) atoms. The summed E-state index contributed by atoms with van der Waals surface area (Å²) in [5, 5.41) is 22.4. The Morgan fingerprint density at radius 2 is 1.75 bits per heavy atom. The molecule has 0 bridgehead atoms. The topological polar surface area (TPSA) is 128 Å². The van der Waals surface area contributed by atoms with Crippen LogP contribution in [0.15, 0.2) is 82.4 Å². The summed E-state index contributed by atoms with van der Waals surface area (Å²) in [7, 11) is 0. The van der Waals surface area contributed by atoms with Crippen LogP contribution in [0.5, 0.6) is 5.75 Å². The molecule has 11 heteroatoms. The highest BCUT2D eigenvalue weighted by atomic mass is 19.1. The first-order valence-corrected chi connectivity index (χ1v) is 14.2. The van der Waals surface area contributed by atoms with Crippen LogP contribution in [0.25, 0.3) is 0 Å². The van der Waals surface area contributed by atoms with Crippen molar-refractivity contribution < 1.29 is 28.2 Å². The Labute approximate surface area is 251 Å². The molecule has 5 atom stereocenters. The predicted molar refractivity (Wildman–Crippen MR) is 157 cm³/mol. The lowest BCUT2D eigenvalue weighted by molar-refractivity contribution is -0.387. The number of benzene rings is 3. The molecule has 3 aliphatic rings. The molecule has 7 rings (SSSR count). The number of ether oxygens (including phenoxy) is 1. The molecule has 2 aliphatic heterocycles. The number of aryl methyl sites for hydroxylation is 2. The second-order valence-electron chi connectivity index (χ2n) is 11.7. The summed E-state index contributed by atoms with van der Waals surface area (Å²) in [5.74, 6) is -4.15. The number of hydrazone groups is 1. The molecule has 4 aromatic rings. The number of nitrogens with zero attached hydrogens (tertiary/aromatic N) is 4. The molecule has 0 radical (unpaired) electrons. The molecule has 1 spiro atoms. The number of carbonyl (C=O) groups is 2. The van der Waals surface area contributed by atoms with Crippen molar-refractivity contribution in [3.05, 3.63) is 117 Å². The van der Waals surface area contributed by atoms with Crippen LogP contribution in [-0.2, 0) is 4.79 Å². The Morgan fingerprint density at radius 1 is 1.02 bits per heavy atom. The number of carbonyl (C=O) groups excluding carboxylic acids is 2. The number of hydrogen-bond donors (Lipinski definition) is 0. The Morgan fingerprint density at radius 3 is 2.45 bits per heavy atom. The van der Waals surface area contributed by atoms with Crippen LogP contribution in [0.2, 0.25) is 0 Å². The van der Waals surface area contributed by atoms with Crippen molar-refractivity contribution in [1.82, 2.24) is 5.16 Å². The van der Waals surface area contributed by atoms with Gasteiger partial charge in [-0.25, -0.2) is 4.39 Å². The van der Waals surface area contributed by atoms with Crippen LogP contribution in [0, 0.1) is 41.1 Å². The van der Waals surface area contributed by atoms with E-state index in [2.05, 4.69) is 5.16 Å². The van der Waals surface area contributed by atoms with Gasteiger partial charge in [0.2, 0.25) is 5.76 Å². The summed E-state index contributed by atoms with van der Waals surface area (Å²) in [5.41, 5.74) is 0.982. The van der Waals surface area contributed by atoms with E-state index in [4.69, 9.17) is 14.4 Å². The maximum Gasteiger partial charge on any atom is 0.334 e. The van der Waals surface area contributed by atoms with Crippen molar-refractivity contribution in [2.75, 3.05) is 5.01 Å². The van der Waals surface area contributed by atoms with Crippen LogP contribution in [0.4, 0.5) is 15.8 Å². The van der Waals surface area contributed by atoms with Crippen molar-refractivity contribution in [2.24, 2.45) is 16.4 Å². The van der Waals surface area contributed by atoms with Crippen LogP contribution in [-0.4, -0.2) is 33.6 Å². The van der Waals surface area contributed by atoms with Gasteiger partial charge in [-0.15, -0.1) is 0 Å². The minimum atomic E-state index is -1.44.